The van der Waals surface area contributed by atoms with E-state index >= 15 is 0 Å². The Bertz CT molecular complexity index is 306. The maximum Gasteiger partial charge on any atom is 0.227 e. The third-order valence-electron chi connectivity index (χ3n) is 2.83. The second-order valence-electron chi connectivity index (χ2n) is 3.54. The predicted molar refractivity (Wildman–Crippen MR) is 56.1 cm³/mol. The molecule has 1 aliphatic carbocycles. The van der Waals surface area contributed by atoms with Crippen molar-refractivity contribution in [2.24, 2.45) is 11.1 Å². The number of hydrogen-bond donors (Lipinski definition) is 1. The molecule has 0 aromatic rings. The number of carbonyl (C=O) groups is 1. The average molecular weight is 179 g/mol. The van der Waals surface area contributed by atoms with Crippen LogP contribution in [0.25, 0.3) is 0 Å². The molecule has 13 heavy (non-hydrogen) atoms. The lowest BCUT2D eigenvalue weighted by molar-refractivity contribution is -0.124. The van der Waals surface area contributed by atoms with E-state index in [2.05, 4.69) is 13.2 Å². The SMILES string of the molecule is C=CC1=C(C=C)C(C)(C(N)=O)CC1.[HH]. The third-order valence-corrected chi connectivity index (χ3v) is 2.83. The van der Waals surface area contributed by atoms with Gasteiger partial charge in [0.1, 0.15) is 0 Å². The minimum Gasteiger partial charge on any atom is -0.369 e. The minimum absolute atomic E-state index is 0. The molecule has 0 aromatic heterocycles. The highest BCUT2D eigenvalue weighted by molar-refractivity contribution is 5.86. The number of nitrogens with two attached hydrogens (primary N) is 1. The molecule has 1 atom stereocenters. The van der Waals surface area contributed by atoms with Crippen molar-refractivity contribution in [3.8, 4) is 0 Å². The molecule has 2 nitrogen and oxygen atoms in total. The van der Waals surface area contributed by atoms with Gasteiger partial charge in [0.2, 0.25) is 5.91 Å². The van der Waals surface area contributed by atoms with Gasteiger partial charge in [-0.15, -0.1) is 0 Å². The first-order valence-corrected chi connectivity index (χ1v) is 4.34. The summed E-state index contributed by atoms with van der Waals surface area (Å²) in [6, 6.07) is 0. The van der Waals surface area contributed by atoms with Crippen LogP contribution in [0, 0.1) is 5.41 Å². The van der Waals surface area contributed by atoms with Crippen LogP contribution >= 0.6 is 0 Å². The summed E-state index contributed by atoms with van der Waals surface area (Å²) < 4.78 is 0. The number of carbonyl (C=O) groups excluding carboxylic acids is 1. The van der Waals surface area contributed by atoms with Crippen molar-refractivity contribution in [1.82, 2.24) is 0 Å². The Morgan fingerprint density at radius 3 is 2.62 bits per heavy atom. The Hall–Kier alpha value is -1.31. The zero-order chi connectivity index (χ0) is 10.1. The van der Waals surface area contributed by atoms with E-state index in [0.29, 0.717) is 0 Å². The first kappa shape index (κ1) is 9.78. The molecule has 72 valence electrons. The Kier molecular flexibility index (Phi) is 2.41. The molecule has 2 N–H and O–H groups in total. The van der Waals surface area contributed by atoms with Gasteiger partial charge in [-0.05, 0) is 30.9 Å². The highest BCUT2D eigenvalue weighted by Gasteiger charge is 2.39. The number of rotatable bonds is 3. The van der Waals surface area contributed by atoms with Crippen molar-refractivity contribution < 1.29 is 6.22 Å². The molecular formula is C11H17NO. The average Bonchev–Trinajstić information content (AvgIpc) is 2.43. The van der Waals surface area contributed by atoms with Crippen molar-refractivity contribution in [3.05, 3.63) is 36.5 Å². The number of amides is 1. The van der Waals surface area contributed by atoms with Crippen molar-refractivity contribution in [3.63, 3.8) is 0 Å². The molecule has 2 heteroatoms. The molecule has 0 aromatic carbocycles. The highest BCUT2D eigenvalue weighted by atomic mass is 16.1. The third kappa shape index (κ3) is 1.32. The van der Waals surface area contributed by atoms with Crippen molar-refractivity contribution in [2.45, 2.75) is 19.8 Å². The van der Waals surface area contributed by atoms with Gasteiger partial charge in [-0.25, -0.2) is 0 Å². The van der Waals surface area contributed by atoms with Crippen LogP contribution in [0.1, 0.15) is 21.2 Å². The minimum atomic E-state index is -0.536. The second kappa shape index (κ2) is 3.21. The van der Waals surface area contributed by atoms with Crippen molar-refractivity contribution in [2.75, 3.05) is 0 Å². The standard InChI is InChI=1S/C11H15NO.H2/c1-4-8-6-7-11(3,10(12)13)9(8)5-2;/h4-5H,1-2,6-7H2,3H3,(H2,12,13);1H. The van der Waals surface area contributed by atoms with Gasteiger partial charge in [-0.2, -0.15) is 0 Å². The molecule has 1 aliphatic rings. The smallest absolute Gasteiger partial charge is 0.227 e. The first-order chi connectivity index (χ1) is 6.06. The van der Waals surface area contributed by atoms with Crippen LogP contribution in [0.2, 0.25) is 0 Å². The number of primary amides is 1. The Labute approximate surface area is 80.3 Å². The van der Waals surface area contributed by atoms with Crippen LogP contribution in [0.3, 0.4) is 0 Å². The van der Waals surface area contributed by atoms with Gasteiger partial charge in [0.25, 0.3) is 0 Å². The molecule has 0 fully saturated rings. The van der Waals surface area contributed by atoms with Crippen LogP contribution < -0.4 is 5.73 Å². The molecular weight excluding hydrogens is 162 g/mol. The summed E-state index contributed by atoms with van der Waals surface area (Å²) in [6.45, 7) is 9.28. The monoisotopic (exact) mass is 179 g/mol. The summed E-state index contributed by atoms with van der Waals surface area (Å²) in [4.78, 5) is 11.3. The molecule has 1 unspecified atom stereocenters. The van der Waals surface area contributed by atoms with E-state index in [1.54, 1.807) is 12.2 Å². The lowest BCUT2D eigenvalue weighted by Crippen LogP contribution is -2.33. The van der Waals surface area contributed by atoms with E-state index < -0.39 is 5.41 Å². The maximum absolute atomic E-state index is 11.3. The lowest BCUT2D eigenvalue weighted by atomic mass is 9.82. The molecule has 1 rings (SSSR count). The Morgan fingerprint density at radius 2 is 2.23 bits per heavy atom. The zero-order valence-electron chi connectivity index (χ0n) is 7.97. The number of allylic oxidation sites excluding steroid dienone is 3. The molecule has 0 heterocycles. The summed E-state index contributed by atoms with van der Waals surface area (Å²) >= 11 is 0. The van der Waals surface area contributed by atoms with E-state index in [1.807, 2.05) is 6.92 Å². The number of hydrogen-bond acceptors (Lipinski definition) is 1. The van der Waals surface area contributed by atoms with E-state index in [1.165, 1.54) is 0 Å². The second-order valence-corrected chi connectivity index (χ2v) is 3.54. The molecule has 0 saturated heterocycles. The zero-order valence-corrected chi connectivity index (χ0v) is 7.97. The predicted octanol–water partition coefficient (Wildman–Crippen LogP) is 2.19. The lowest BCUT2D eigenvalue weighted by Gasteiger charge is -2.21. The van der Waals surface area contributed by atoms with E-state index in [4.69, 9.17) is 5.73 Å². The quantitative estimate of drug-likeness (QED) is 0.709. The highest BCUT2D eigenvalue weighted by Crippen LogP contribution is 2.43. The van der Waals surface area contributed by atoms with Crippen molar-refractivity contribution in [1.29, 1.82) is 0 Å². The van der Waals surface area contributed by atoms with Gasteiger partial charge in [0.15, 0.2) is 0 Å². The maximum atomic E-state index is 11.3. The van der Waals surface area contributed by atoms with E-state index in [-0.39, 0.29) is 7.33 Å². The van der Waals surface area contributed by atoms with Gasteiger partial charge in [0, 0.05) is 1.43 Å². The van der Waals surface area contributed by atoms with Gasteiger partial charge in [0.05, 0.1) is 5.41 Å². The summed E-state index contributed by atoms with van der Waals surface area (Å²) in [5.41, 5.74) is 6.86. The first-order valence-electron chi connectivity index (χ1n) is 4.34. The summed E-state index contributed by atoms with van der Waals surface area (Å²) in [6.07, 6.45) is 5.13. The summed E-state index contributed by atoms with van der Waals surface area (Å²) in [5, 5.41) is 0. The van der Waals surface area contributed by atoms with E-state index in [0.717, 1.165) is 24.0 Å². The molecule has 0 bridgehead atoms. The van der Waals surface area contributed by atoms with Crippen LogP contribution in [-0.2, 0) is 4.79 Å². The molecule has 0 saturated carbocycles. The fourth-order valence-electron chi connectivity index (χ4n) is 1.83. The van der Waals surface area contributed by atoms with Crippen molar-refractivity contribution >= 4 is 5.91 Å². The fraction of sp³-hybridized carbons (Fsp3) is 0.364. The van der Waals surface area contributed by atoms with Crippen LogP contribution in [0.4, 0.5) is 0 Å². The van der Waals surface area contributed by atoms with Gasteiger partial charge in [-0.3, -0.25) is 4.79 Å². The normalized spacial score (nSPS) is 27.5. The van der Waals surface area contributed by atoms with Gasteiger partial charge >= 0.3 is 0 Å². The Balaban J connectivity index is 0.00000169. The van der Waals surface area contributed by atoms with Crippen LogP contribution in [0.15, 0.2) is 36.5 Å². The molecule has 1 amide bonds. The van der Waals surface area contributed by atoms with Crippen LogP contribution in [-0.4, -0.2) is 5.91 Å². The molecule has 0 aliphatic heterocycles. The van der Waals surface area contributed by atoms with Crippen LogP contribution in [0.5, 0.6) is 0 Å². The fourth-order valence-corrected chi connectivity index (χ4v) is 1.83. The largest absolute Gasteiger partial charge is 0.369 e. The topological polar surface area (TPSA) is 43.1 Å². The molecule has 0 spiro atoms. The van der Waals surface area contributed by atoms with Gasteiger partial charge < -0.3 is 5.73 Å². The van der Waals surface area contributed by atoms with E-state index in [9.17, 15) is 4.79 Å². The summed E-state index contributed by atoms with van der Waals surface area (Å²) in [5.74, 6) is -0.278. The Morgan fingerprint density at radius 1 is 1.62 bits per heavy atom. The van der Waals surface area contributed by atoms with Gasteiger partial charge in [-0.1, -0.05) is 25.3 Å². The molecule has 0 radical (unpaired) electrons. The summed E-state index contributed by atoms with van der Waals surface area (Å²) in [7, 11) is 0.